The van der Waals surface area contributed by atoms with Crippen LogP contribution in [0.2, 0.25) is 0 Å². The first kappa shape index (κ1) is 9.88. The molecular weight excluding hydrogens is 188 g/mol. The number of nitrogens with one attached hydrogen (secondary N) is 1. The summed E-state index contributed by atoms with van der Waals surface area (Å²) in [6.45, 7) is 0.720. The Balaban J connectivity index is 2.12. The Morgan fingerprint density at radius 1 is 1.47 bits per heavy atom. The molecule has 3 nitrogen and oxygen atoms in total. The van der Waals surface area contributed by atoms with Gasteiger partial charge in [0.15, 0.2) is 5.78 Å². The largest absolute Gasteiger partial charge is 0.303 e. The fourth-order valence-electron chi connectivity index (χ4n) is 1.88. The fourth-order valence-corrected chi connectivity index (χ4v) is 1.88. The van der Waals surface area contributed by atoms with Gasteiger partial charge in [-0.15, -0.1) is 0 Å². The van der Waals surface area contributed by atoms with Crippen molar-refractivity contribution in [2.45, 2.75) is 25.4 Å². The summed E-state index contributed by atoms with van der Waals surface area (Å²) in [4.78, 5) is 11.5. The molecule has 76 valence electrons. The smallest absolute Gasteiger partial charge is 0.164 e. The second kappa shape index (κ2) is 4.24. The van der Waals surface area contributed by atoms with Crippen LogP contribution in [-0.2, 0) is 17.8 Å². The zero-order valence-electron chi connectivity index (χ0n) is 8.36. The molecule has 0 bridgehead atoms. The SMILES string of the molecule is N#CCC(=O)C1Cc2ccccc2CN1. The molecule has 0 radical (unpaired) electrons. The van der Waals surface area contributed by atoms with Crippen molar-refractivity contribution in [1.82, 2.24) is 5.32 Å². The van der Waals surface area contributed by atoms with Gasteiger partial charge < -0.3 is 5.32 Å². The molecule has 2 rings (SSSR count). The average Bonchev–Trinajstić information content (AvgIpc) is 2.29. The van der Waals surface area contributed by atoms with Gasteiger partial charge in [-0.3, -0.25) is 4.79 Å². The molecule has 1 heterocycles. The molecular formula is C12H12N2O. The van der Waals surface area contributed by atoms with Crippen LogP contribution in [0.4, 0.5) is 0 Å². The number of ketones is 1. The second-order valence-corrected chi connectivity index (χ2v) is 3.71. The maximum absolute atomic E-state index is 11.5. The maximum atomic E-state index is 11.5. The maximum Gasteiger partial charge on any atom is 0.164 e. The van der Waals surface area contributed by atoms with Crippen LogP contribution >= 0.6 is 0 Å². The van der Waals surface area contributed by atoms with E-state index in [2.05, 4.69) is 11.4 Å². The molecule has 0 aliphatic carbocycles. The summed E-state index contributed by atoms with van der Waals surface area (Å²) in [5, 5.41) is 11.6. The van der Waals surface area contributed by atoms with E-state index in [-0.39, 0.29) is 18.2 Å². The number of carbonyl (C=O) groups excluding carboxylic acids is 1. The van der Waals surface area contributed by atoms with E-state index in [1.807, 2.05) is 24.3 Å². The van der Waals surface area contributed by atoms with Gasteiger partial charge in [-0.2, -0.15) is 5.26 Å². The van der Waals surface area contributed by atoms with Crippen molar-refractivity contribution in [3.63, 3.8) is 0 Å². The molecule has 1 unspecified atom stereocenters. The van der Waals surface area contributed by atoms with Crippen molar-refractivity contribution in [3.8, 4) is 6.07 Å². The number of Topliss-reactive ketones (excluding diaryl/α,β-unsaturated/α-hetero) is 1. The minimum Gasteiger partial charge on any atom is -0.303 e. The highest BCUT2D eigenvalue weighted by Crippen LogP contribution is 2.16. The lowest BCUT2D eigenvalue weighted by atomic mass is 9.93. The Hall–Kier alpha value is -1.66. The molecule has 1 atom stereocenters. The van der Waals surface area contributed by atoms with Crippen molar-refractivity contribution in [1.29, 1.82) is 5.26 Å². The van der Waals surface area contributed by atoms with Crippen LogP contribution in [0.5, 0.6) is 0 Å². The van der Waals surface area contributed by atoms with Crippen molar-refractivity contribution in [2.24, 2.45) is 0 Å². The third kappa shape index (κ3) is 2.05. The van der Waals surface area contributed by atoms with Gasteiger partial charge in [0.2, 0.25) is 0 Å². The van der Waals surface area contributed by atoms with Gasteiger partial charge in [0.1, 0.15) is 0 Å². The van der Waals surface area contributed by atoms with E-state index in [1.54, 1.807) is 0 Å². The average molecular weight is 200 g/mol. The zero-order valence-corrected chi connectivity index (χ0v) is 8.36. The minimum absolute atomic E-state index is 0.000165. The lowest BCUT2D eigenvalue weighted by molar-refractivity contribution is -0.120. The van der Waals surface area contributed by atoms with E-state index in [0.717, 1.165) is 6.54 Å². The summed E-state index contributed by atoms with van der Waals surface area (Å²) in [7, 11) is 0. The third-order valence-electron chi connectivity index (χ3n) is 2.72. The third-order valence-corrected chi connectivity index (χ3v) is 2.72. The number of benzene rings is 1. The summed E-state index contributed by atoms with van der Waals surface area (Å²) in [5.74, 6) is -0.00740. The van der Waals surface area contributed by atoms with Gasteiger partial charge in [0, 0.05) is 6.54 Å². The molecule has 0 spiro atoms. The van der Waals surface area contributed by atoms with E-state index in [0.29, 0.717) is 6.42 Å². The Bertz CT molecular complexity index is 420. The van der Waals surface area contributed by atoms with Gasteiger partial charge >= 0.3 is 0 Å². The highest BCUT2D eigenvalue weighted by atomic mass is 16.1. The van der Waals surface area contributed by atoms with E-state index < -0.39 is 0 Å². The summed E-state index contributed by atoms with van der Waals surface area (Å²) < 4.78 is 0. The van der Waals surface area contributed by atoms with Crippen LogP contribution in [0.1, 0.15) is 17.5 Å². The second-order valence-electron chi connectivity index (χ2n) is 3.71. The molecule has 1 aliphatic rings. The van der Waals surface area contributed by atoms with Gasteiger partial charge in [-0.1, -0.05) is 24.3 Å². The Morgan fingerprint density at radius 2 is 2.20 bits per heavy atom. The number of hydrogen-bond acceptors (Lipinski definition) is 3. The van der Waals surface area contributed by atoms with Crippen LogP contribution in [0.25, 0.3) is 0 Å². The Kier molecular flexibility index (Phi) is 2.79. The lowest BCUT2D eigenvalue weighted by Gasteiger charge is -2.24. The molecule has 0 amide bonds. The van der Waals surface area contributed by atoms with Crippen molar-refractivity contribution in [2.75, 3.05) is 0 Å². The van der Waals surface area contributed by atoms with E-state index in [4.69, 9.17) is 5.26 Å². The first-order valence-electron chi connectivity index (χ1n) is 5.01. The number of nitriles is 1. The molecule has 1 N–H and O–H groups in total. The summed E-state index contributed by atoms with van der Waals surface area (Å²) in [5.41, 5.74) is 2.46. The summed E-state index contributed by atoms with van der Waals surface area (Å²) >= 11 is 0. The Labute approximate surface area is 88.7 Å². The zero-order chi connectivity index (χ0) is 10.7. The fraction of sp³-hybridized carbons (Fsp3) is 0.333. The highest BCUT2D eigenvalue weighted by molar-refractivity contribution is 5.86. The monoisotopic (exact) mass is 200 g/mol. The lowest BCUT2D eigenvalue weighted by Crippen LogP contribution is -2.41. The molecule has 0 saturated heterocycles. The van der Waals surface area contributed by atoms with E-state index >= 15 is 0 Å². The predicted molar refractivity (Wildman–Crippen MR) is 56.0 cm³/mol. The number of rotatable bonds is 2. The van der Waals surface area contributed by atoms with Crippen LogP contribution in [0.15, 0.2) is 24.3 Å². The number of carbonyl (C=O) groups is 1. The summed E-state index contributed by atoms with van der Waals surface area (Å²) in [6.07, 6.45) is 0.705. The number of fused-ring (bicyclic) bond motifs is 1. The van der Waals surface area contributed by atoms with Crippen LogP contribution in [0.3, 0.4) is 0 Å². The van der Waals surface area contributed by atoms with Crippen molar-refractivity contribution in [3.05, 3.63) is 35.4 Å². The van der Waals surface area contributed by atoms with Gasteiger partial charge in [-0.05, 0) is 17.5 Å². The van der Waals surface area contributed by atoms with Crippen molar-refractivity contribution < 1.29 is 4.79 Å². The van der Waals surface area contributed by atoms with Crippen molar-refractivity contribution >= 4 is 5.78 Å². The van der Waals surface area contributed by atoms with E-state index in [9.17, 15) is 4.79 Å². The molecule has 0 aromatic heterocycles. The molecule has 1 aliphatic heterocycles. The van der Waals surface area contributed by atoms with Gasteiger partial charge in [0.25, 0.3) is 0 Å². The van der Waals surface area contributed by atoms with Crippen LogP contribution in [0, 0.1) is 11.3 Å². The minimum atomic E-state index is -0.181. The number of nitrogens with zero attached hydrogens (tertiary/aromatic N) is 1. The summed E-state index contributed by atoms with van der Waals surface area (Å²) in [6, 6.07) is 9.81. The molecule has 1 aromatic carbocycles. The van der Waals surface area contributed by atoms with Crippen LogP contribution < -0.4 is 5.32 Å². The molecule has 15 heavy (non-hydrogen) atoms. The normalized spacial score (nSPS) is 19.0. The molecule has 0 fully saturated rings. The predicted octanol–water partition coefficient (Wildman–Crippen LogP) is 1.18. The molecule has 3 heteroatoms. The molecule has 0 saturated carbocycles. The van der Waals surface area contributed by atoms with Crippen LogP contribution in [-0.4, -0.2) is 11.8 Å². The number of hydrogen-bond donors (Lipinski definition) is 1. The first-order valence-corrected chi connectivity index (χ1v) is 5.01. The topological polar surface area (TPSA) is 52.9 Å². The highest BCUT2D eigenvalue weighted by Gasteiger charge is 2.22. The van der Waals surface area contributed by atoms with E-state index in [1.165, 1.54) is 11.1 Å². The first-order chi connectivity index (χ1) is 7.31. The molecule has 1 aromatic rings. The standard InChI is InChI=1S/C12H12N2O/c13-6-5-12(15)11-7-9-3-1-2-4-10(9)8-14-11/h1-4,11,14H,5,7-8H2. The quantitative estimate of drug-likeness (QED) is 0.780. The Morgan fingerprint density at radius 3 is 2.93 bits per heavy atom. The van der Waals surface area contributed by atoms with Gasteiger partial charge in [0.05, 0.1) is 18.5 Å². The van der Waals surface area contributed by atoms with Gasteiger partial charge in [-0.25, -0.2) is 0 Å².